The highest BCUT2D eigenvalue weighted by Gasteiger charge is 2.18. The van der Waals surface area contributed by atoms with Crippen molar-refractivity contribution in [3.8, 4) is 6.07 Å². The van der Waals surface area contributed by atoms with Crippen molar-refractivity contribution < 1.29 is 4.39 Å². The second kappa shape index (κ2) is 6.91. The molecule has 1 aromatic heterocycles. The highest BCUT2D eigenvalue weighted by Crippen LogP contribution is 2.17. The maximum Gasteiger partial charge on any atom is 0.332 e. The zero-order valence-corrected chi connectivity index (χ0v) is 13.8. The molecule has 0 radical (unpaired) electrons. The van der Waals surface area contributed by atoms with E-state index in [2.05, 4.69) is 5.32 Å². The van der Waals surface area contributed by atoms with E-state index in [-0.39, 0.29) is 6.54 Å². The van der Waals surface area contributed by atoms with Crippen molar-refractivity contribution in [3.63, 3.8) is 0 Å². The Balaban J connectivity index is 2.13. The molecule has 1 fully saturated rings. The fourth-order valence-electron chi connectivity index (χ4n) is 2.93. The zero-order chi connectivity index (χ0) is 18.0. The average Bonchev–Trinajstić information content (AvgIpc) is 2.63. The summed E-state index contributed by atoms with van der Waals surface area (Å²) in [7, 11) is 1.40. The molecule has 1 aromatic carbocycles. The number of benzene rings is 1. The van der Waals surface area contributed by atoms with Gasteiger partial charge in [0, 0.05) is 19.7 Å². The van der Waals surface area contributed by atoms with Gasteiger partial charge in [0.15, 0.2) is 0 Å². The van der Waals surface area contributed by atoms with Crippen LogP contribution in [0.1, 0.15) is 17.5 Å². The van der Waals surface area contributed by atoms with E-state index in [0.29, 0.717) is 30.2 Å². The van der Waals surface area contributed by atoms with Crippen LogP contribution in [0.3, 0.4) is 0 Å². The molecule has 1 saturated heterocycles. The summed E-state index contributed by atoms with van der Waals surface area (Å²) < 4.78 is 16.0. The molecule has 8 heteroatoms. The topological polar surface area (TPSA) is 83.1 Å². The minimum atomic E-state index is -0.499. The van der Waals surface area contributed by atoms with Crippen molar-refractivity contribution in [2.75, 3.05) is 24.7 Å². The number of nitriles is 1. The van der Waals surface area contributed by atoms with E-state index in [1.165, 1.54) is 35.9 Å². The van der Waals surface area contributed by atoms with Crippen molar-refractivity contribution in [1.82, 2.24) is 14.5 Å². The Morgan fingerprint density at radius 1 is 1.32 bits per heavy atom. The van der Waals surface area contributed by atoms with E-state index in [9.17, 15) is 19.2 Å². The molecule has 1 N–H and O–H groups in total. The van der Waals surface area contributed by atoms with Crippen molar-refractivity contribution in [2.45, 2.75) is 13.0 Å². The first-order chi connectivity index (χ1) is 12.0. The van der Waals surface area contributed by atoms with Crippen molar-refractivity contribution in [3.05, 3.63) is 62.0 Å². The van der Waals surface area contributed by atoms with Gasteiger partial charge in [-0.2, -0.15) is 5.26 Å². The van der Waals surface area contributed by atoms with Crippen LogP contribution in [0.15, 0.2) is 33.9 Å². The lowest BCUT2D eigenvalue weighted by molar-refractivity contribution is 0.528. The molecule has 1 aliphatic heterocycles. The van der Waals surface area contributed by atoms with Gasteiger partial charge in [0.2, 0.25) is 0 Å². The smallest absolute Gasteiger partial charge is 0.332 e. The monoisotopic (exact) mass is 343 g/mol. The summed E-state index contributed by atoms with van der Waals surface area (Å²) in [5.74, 6) is -0.0125. The van der Waals surface area contributed by atoms with E-state index >= 15 is 0 Å². The number of rotatable bonds is 3. The molecule has 0 unspecified atom stereocenters. The maximum absolute atomic E-state index is 13.6. The lowest BCUT2D eigenvalue weighted by atomic mass is 10.1. The molecule has 0 aliphatic carbocycles. The Labute approximate surface area is 143 Å². The third kappa shape index (κ3) is 3.32. The highest BCUT2D eigenvalue weighted by molar-refractivity contribution is 5.42. The van der Waals surface area contributed by atoms with Gasteiger partial charge in [0.25, 0.3) is 5.56 Å². The van der Waals surface area contributed by atoms with Crippen molar-refractivity contribution in [1.29, 1.82) is 5.26 Å². The Bertz CT molecular complexity index is 951. The van der Waals surface area contributed by atoms with Gasteiger partial charge < -0.3 is 4.90 Å². The molecule has 1 aliphatic rings. The molecular formula is C17H18FN5O2. The number of nitrogens with one attached hydrogen (secondary N) is 1. The minimum Gasteiger partial charge on any atom is -0.345 e. The summed E-state index contributed by atoms with van der Waals surface area (Å²) in [4.78, 5) is 26.6. The number of hydrogen-bond acceptors (Lipinski definition) is 5. The van der Waals surface area contributed by atoms with Crippen LogP contribution in [0, 0.1) is 17.1 Å². The van der Waals surface area contributed by atoms with Gasteiger partial charge >= 0.3 is 5.69 Å². The third-order valence-corrected chi connectivity index (χ3v) is 4.30. The molecule has 0 bridgehead atoms. The predicted molar refractivity (Wildman–Crippen MR) is 91.0 cm³/mol. The third-order valence-electron chi connectivity index (χ3n) is 4.30. The first-order valence-corrected chi connectivity index (χ1v) is 7.96. The molecule has 3 rings (SSSR count). The molecule has 2 heterocycles. The molecule has 2 aromatic rings. The molecule has 0 amide bonds. The number of halogens is 1. The van der Waals surface area contributed by atoms with Crippen molar-refractivity contribution in [2.24, 2.45) is 7.05 Å². The zero-order valence-electron chi connectivity index (χ0n) is 13.8. The number of aromatic nitrogens is 2. The van der Waals surface area contributed by atoms with Crippen molar-refractivity contribution >= 4 is 5.82 Å². The summed E-state index contributed by atoms with van der Waals surface area (Å²) in [6.45, 7) is 2.10. The quantitative estimate of drug-likeness (QED) is 0.870. The first kappa shape index (κ1) is 16.9. The summed E-state index contributed by atoms with van der Waals surface area (Å²) >= 11 is 0. The molecule has 25 heavy (non-hydrogen) atoms. The van der Waals surface area contributed by atoms with Gasteiger partial charge in [-0.05, 0) is 36.7 Å². The van der Waals surface area contributed by atoms with Gasteiger partial charge in [-0.1, -0.05) is 0 Å². The molecule has 0 spiro atoms. The number of nitrogens with zero attached hydrogens (tertiary/aromatic N) is 4. The lowest BCUT2D eigenvalue weighted by Crippen LogP contribution is -2.47. The van der Waals surface area contributed by atoms with Crippen LogP contribution < -0.4 is 21.5 Å². The van der Waals surface area contributed by atoms with Crippen LogP contribution in [-0.4, -0.2) is 28.9 Å². The minimum absolute atomic E-state index is 0.0133. The maximum atomic E-state index is 13.6. The fraction of sp³-hybridized carbons (Fsp3) is 0.353. The fourth-order valence-corrected chi connectivity index (χ4v) is 2.93. The van der Waals surface area contributed by atoms with E-state index in [1.54, 1.807) is 0 Å². The van der Waals surface area contributed by atoms with E-state index in [1.807, 2.05) is 11.0 Å². The molecule has 0 saturated carbocycles. The predicted octanol–water partition coefficient (Wildman–Crippen LogP) is 0.363. The summed E-state index contributed by atoms with van der Waals surface area (Å²) in [5, 5.41) is 12.4. The highest BCUT2D eigenvalue weighted by atomic mass is 19.1. The summed E-state index contributed by atoms with van der Waals surface area (Å²) in [6, 6.07) is 7.26. The van der Waals surface area contributed by atoms with Crippen LogP contribution >= 0.6 is 0 Å². The van der Waals surface area contributed by atoms with E-state index in [4.69, 9.17) is 0 Å². The standard InChI is InChI=1S/C17H18FN5O2/c1-21-16(24)8-15(22-6-2-5-20-11-22)23(17(21)25)10-13-7-14(18)4-3-12(13)9-19/h3-4,7-8,20H,2,5-6,10-11H2,1H3. The van der Waals surface area contributed by atoms with Crippen LogP contribution in [0.2, 0.25) is 0 Å². The largest absolute Gasteiger partial charge is 0.345 e. The van der Waals surface area contributed by atoms with Crippen LogP contribution in [-0.2, 0) is 13.6 Å². The van der Waals surface area contributed by atoms with Gasteiger partial charge in [-0.3, -0.25) is 19.2 Å². The molecule has 7 nitrogen and oxygen atoms in total. The Kier molecular flexibility index (Phi) is 4.67. The second-order valence-electron chi connectivity index (χ2n) is 5.96. The average molecular weight is 343 g/mol. The van der Waals surface area contributed by atoms with Crippen LogP contribution in [0.5, 0.6) is 0 Å². The number of hydrogen-bond donors (Lipinski definition) is 1. The van der Waals surface area contributed by atoms with Crippen LogP contribution in [0.25, 0.3) is 0 Å². The summed E-state index contributed by atoms with van der Waals surface area (Å²) in [5.41, 5.74) is -0.206. The Morgan fingerprint density at radius 2 is 2.12 bits per heavy atom. The van der Waals surface area contributed by atoms with Crippen LogP contribution in [0.4, 0.5) is 10.2 Å². The number of anilines is 1. The molecule has 130 valence electrons. The molecule has 0 atom stereocenters. The first-order valence-electron chi connectivity index (χ1n) is 7.96. The Morgan fingerprint density at radius 3 is 2.80 bits per heavy atom. The normalized spacial score (nSPS) is 14.4. The summed E-state index contributed by atoms with van der Waals surface area (Å²) in [6.07, 6.45) is 0.882. The lowest BCUT2D eigenvalue weighted by Gasteiger charge is -2.31. The van der Waals surface area contributed by atoms with E-state index < -0.39 is 17.1 Å². The van der Waals surface area contributed by atoms with Gasteiger partial charge in [-0.25, -0.2) is 9.18 Å². The van der Waals surface area contributed by atoms with E-state index in [0.717, 1.165) is 17.5 Å². The Hall–Kier alpha value is -2.92. The SMILES string of the molecule is Cn1c(=O)cc(N2CCCNC2)n(Cc2cc(F)ccc2C#N)c1=O. The van der Waals surface area contributed by atoms with Gasteiger partial charge in [-0.15, -0.1) is 0 Å². The van der Waals surface area contributed by atoms with Gasteiger partial charge in [0.1, 0.15) is 11.6 Å². The second-order valence-corrected chi connectivity index (χ2v) is 5.96. The molecular weight excluding hydrogens is 325 g/mol. The van der Waals surface area contributed by atoms with Gasteiger partial charge in [0.05, 0.1) is 24.8 Å².